The maximum atomic E-state index is 10.5. The van der Waals surface area contributed by atoms with Crippen LogP contribution in [0.1, 0.15) is 30.0 Å². The van der Waals surface area contributed by atoms with Crippen LogP contribution in [0, 0.1) is 0 Å². The Balaban J connectivity index is 2.29. The van der Waals surface area contributed by atoms with E-state index in [0.717, 1.165) is 24.8 Å². The predicted molar refractivity (Wildman–Crippen MR) is 58.0 cm³/mol. The predicted octanol–water partition coefficient (Wildman–Crippen LogP) is 2.11. The summed E-state index contributed by atoms with van der Waals surface area (Å²) in [5, 5.41) is 10.9. The van der Waals surface area contributed by atoms with Crippen molar-refractivity contribution in [3.8, 4) is 0 Å². The Morgan fingerprint density at radius 3 is 3.07 bits per heavy atom. The third kappa shape index (κ3) is 2.10. The second-order valence-corrected chi connectivity index (χ2v) is 3.84. The number of carbonyl (C=O) groups is 1. The summed E-state index contributed by atoms with van der Waals surface area (Å²) in [5.41, 5.74) is 8.90. The lowest BCUT2D eigenvalue weighted by atomic mass is 9.88. The molecule has 1 aliphatic rings. The highest BCUT2D eigenvalue weighted by Crippen LogP contribution is 2.29. The maximum Gasteiger partial charge on any atom is 0.409 e. The number of amides is 1. The summed E-state index contributed by atoms with van der Waals surface area (Å²) in [5.74, 6) is 0. The molecule has 1 aliphatic carbocycles. The van der Waals surface area contributed by atoms with Gasteiger partial charge in [-0.1, -0.05) is 6.07 Å². The molecule has 2 rings (SSSR count). The molecule has 1 aromatic rings. The summed E-state index contributed by atoms with van der Waals surface area (Å²) in [7, 11) is 0. The fraction of sp³-hybridized carbons (Fsp3) is 0.364. The van der Waals surface area contributed by atoms with Crippen molar-refractivity contribution in [2.45, 2.75) is 25.3 Å². The Labute approximate surface area is 88.1 Å². The molecule has 80 valence electrons. The first-order chi connectivity index (χ1) is 7.16. The van der Waals surface area contributed by atoms with Crippen LogP contribution in [-0.4, -0.2) is 11.2 Å². The zero-order chi connectivity index (χ0) is 10.8. The Morgan fingerprint density at radius 2 is 2.33 bits per heavy atom. The summed E-state index contributed by atoms with van der Waals surface area (Å²) in [6, 6.07) is 5.66. The van der Waals surface area contributed by atoms with Crippen molar-refractivity contribution in [1.82, 2.24) is 0 Å². The van der Waals surface area contributed by atoms with Crippen LogP contribution >= 0.6 is 0 Å². The van der Waals surface area contributed by atoms with Gasteiger partial charge in [-0.05, 0) is 42.5 Å². The fourth-order valence-corrected chi connectivity index (χ4v) is 2.05. The van der Waals surface area contributed by atoms with Crippen molar-refractivity contribution in [2.75, 3.05) is 5.32 Å². The van der Waals surface area contributed by atoms with E-state index in [4.69, 9.17) is 10.8 Å². The number of rotatable bonds is 1. The van der Waals surface area contributed by atoms with Gasteiger partial charge in [0.2, 0.25) is 0 Å². The zero-order valence-corrected chi connectivity index (χ0v) is 8.36. The average Bonchev–Trinajstić information content (AvgIpc) is 2.17. The molecule has 4 nitrogen and oxygen atoms in total. The molecular weight excluding hydrogens is 192 g/mol. The van der Waals surface area contributed by atoms with Crippen molar-refractivity contribution in [2.24, 2.45) is 5.73 Å². The number of fused-ring (bicyclic) bond motifs is 1. The first-order valence-corrected chi connectivity index (χ1v) is 5.05. The molecule has 1 unspecified atom stereocenters. The number of hydrogen-bond acceptors (Lipinski definition) is 2. The number of anilines is 1. The molecule has 0 aromatic heterocycles. The lowest BCUT2D eigenvalue weighted by molar-refractivity contribution is 0.210. The first-order valence-electron chi connectivity index (χ1n) is 5.05. The van der Waals surface area contributed by atoms with Gasteiger partial charge in [-0.25, -0.2) is 4.79 Å². The van der Waals surface area contributed by atoms with Crippen molar-refractivity contribution >= 4 is 11.8 Å². The highest BCUT2D eigenvalue weighted by atomic mass is 16.4. The largest absolute Gasteiger partial charge is 0.465 e. The minimum atomic E-state index is -1.03. The molecule has 0 aliphatic heterocycles. The lowest BCUT2D eigenvalue weighted by Crippen LogP contribution is -2.17. The van der Waals surface area contributed by atoms with Crippen molar-refractivity contribution in [1.29, 1.82) is 0 Å². The van der Waals surface area contributed by atoms with E-state index in [0.29, 0.717) is 5.69 Å². The van der Waals surface area contributed by atoms with Crippen LogP contribution in [0.3, 0.4) is 0 Å². The van der Waals surface area contributed by atoms with Crippen molar-refractivity contribution in [3.05, 3.63) is 29.3 Å². The number of aryl methyl sites for hydroxylation is 1. The highest BCUT2D eigenvalue weighted by Gasteiger charge is 2.16. The highest BCUT2D eigenvalue weighted by molar-refractivity contribution is 5.83. The molecule has 0 radical (unpaired) electrons. The maximum absolute atomic E-state index is 10.5. The van der Waals surface area contributed by atoms with Crippen LogP contribution in [0.25, 0.3) is 0 Å². The molecule has 0 bridgehead atoms. The molecule has 0 saturated carbocycles. The molecule has 4 N–H and O–H groups in total. The first kappa shape index (κ1) is 9.98. The molecule has 4 heteroatoms. The van der Waals surface area contributed by atoms with E-state index in [1.54, 1.807) is 6.07 Å². The number of hydrogen-bond donors (Lipinski definition) is 3. The van der Waals surface area contributed by atoms with Crippen LogP contribution in [0.2, 0.25) is 0 Å². The zero-order valence-electron chi connectivity index (χ0n) is 8.36. The second-order valence-electron chi connectivity index (χ2n) is 3.84. The summed E-state index contributed by atoms with van der Waals surface area (Å²) >= 11 is 0. The lowest BCUT2D eigenvalue weighted by Gasteiger charge is -2.22. The van der Waals surface area contributed by atoms with Gasteiger partial charge >= 0.3 is 6.09 Å². The molecular formula is C11H14N2O2. The van der Waals surface area contributed by atoms with Gasteiger partial charge in [0.25, 0.3) is 0 Å². The van der Waals surface area contributed by atoms with Crippen LogP contribution in [0.5, 0.6) is 0 Å². The van der Waals surface area contributed by atoms with Gasteiger partial charge in [0.1, 0.15) is 0 Å². The Morgan fingerprint density at radius 1 is 1.53 bits per heavy atom. The minimum Gasteiger partial charge on any atom is -0.465 e. The fourth-order valence-electron chi connectivity index (χ4n) is 2.05. The summed E-state index contributed by atoms with van der Waals surface area (Å²) in [4.78, 5) is 10.5. The Bertz CT molecular complexity index is 390. The standard InChI is InChI=1S/C11H14N2O2/c12-10-3-1-2-7-6-8(13-11(14)15)4-5-9(7)10/h4-6,10,13H,1-3,12H2,(H,14,15). The molecule has 1 aromatic carbocycles. The van der Waals surface area contributed by atoms with Gasteiger partial charge in [0.05, 0.1) is 0 Å². The Kier molecular flexibility index (Phi) is 2.60. The van der Waals surface area contributed by atoms with E-state index in [-0.39, 0.29) is 6.04 Å². The number of nitrogens with two attached hydrogens (primary N) is 1. The van der Waals surface area contributed by atoms with Crippen molar-refractivity contribution in [3.63, 3.8) is 0 Å². The van der Waals surface area contributed by atoms with Crippen LogP contribution < -0.4 is 11.1 Å². The second kappa shape index (κ2) is 3.90. The van der Waals surface area contributed by atoms with E-state index in [1.807, 2.05) is 12.1 Å². The monoisotopic (exact) mass is 206 g/mol. The third-order valence-electron chi connectivity index (χ3n) is 2.75. The Hall–Kier alpha value is -1.55. The molecule has 0 spiro atoms. The normalized spacial score (nSPS) is 19.4. The van der Waals surface area contributed by atoms with Gasteiger partial charge in [0.15, 0.2) is 0 Å². The van der Waals surface area contributed by atoms with E-state index >= 15 is 0 Å². The van der Waals surface area contributed by atoms with Crippen LogP contribution in [-0.2, 0) is 6.42 Å². The van der Waals surface area contributed by atoms with E-state index in [1.165, 1.54) is 5.56 Å². The number of nitrogens with one attached hydrogen (secondary N) is 1. The molecule has 0 heterocycles. The van der Waals surface area contributed by atoms with Gasteiger partial charge < -0.3 is 10.8 Å². The van der Waals surface area contributed by atoms with Gasteiger partial charge in [-0.2, -0.15) is 0 Å². The van der Waals surface area contributed by atoms with Gasteiger partial charge in [0, 0.05) is 11.7 Å². The molecule has 1 amide bonds. The van der Waals surface area contributed by atoms with Gasteiger partial charge in [-0.15, -0.1) is 0 Å². The van der Waals surface area contributed by atoms with Crippen LogP contribution in [0.4, 0.5) is 10.5 Å². The number of benzene rings is 1. The summed E-state index contributed by atoms with van der Waals surface area (Å²) in [6.07, 6.45) is 2.04. The third-order valence-corrected chi connectivity index (χ3v) is 2.75. The molecule has 1 atom stereocenters. The average molecular weight is 206 g/mol. The van der Waals surface area contributed by atoms with E-state index < -0.39 is 6.09 Å². The summed E-state index contributed by atoms with van der Waals surface area (Å²) in [6.45, 7) is 0. The number of carboxylic acid groups (broad SMARTS) is 1. The SMILES string of the molecule is NC1CCCc2cc(NC(=O)O)ccc21. The molecule has 0 fully saturated rings. The molecule has 0 saturated heterocycles. The smallest absolute Gasteiger partial charge is 0.409 e. The molecule has 15 heavy (non-hydrogen) atoms. The van der Waals surface area contributed by atoms with Crippen molar-refractivity contribution < 1.29 is 9.90 Å². The van der Waals surface area contributed by atoms with E-state index in [2.05, 4.69) is 5.32 Å². The minimum absolute atomic E-state index is 0.104. The van der Waals surface area contributed by atoms with Crippen LogP contribution in [0.15, 0.2) is 18.2 Å². The quantitative estimate of drug-likeness (QED) is 0.658. The topological polar surface area (TPSA) is 75.3 Å². The van der Waals surface area contributed by atoms with Gasteiger partial charge in [-0.3, -0.25) is 5.32 Å². The van der Waals surface area contributed by atoms with E-state index in [9.17, 15) is 4.79 Å². The summed E-state index contributed by atoms with van der Waals surface area (Å²) < 4.78 is 0.